The number of nitrogens with one attached hydrogen (secondary N) is 1. The summed E-state index contributed by atoms with van der Waals surface area (Å²) in [7, 11) is 1.77. The summed E-state index contributed by atoms with van der Waals surface area (Å²) in [4.78, 5) is 18.5. The SMILES string of the molecule is CN(Cc1ccccc1)C(=O)c1cncc(Nc2ccc(Cl)c(Cl)c2)c1. The molecule has 26 heavy (non-hydrogen) atoms. The van der Waals surface area contributed by atoms with Crippen molar-refractivity contribution in [3.8, 4) is 0 Å². The molecule has 6 heteroatoms. The van der Waals surface area contributed by atoms with Crippen LogP contribution in [0.1, 0.15) is 15.9 Å². The largest absolute Gasteiger partial charge is 0.354 e. The number of rotatable bonds is 5. The standard InChI is InChI=1S/C20H17Cl2N3O/c1-25(13-14-5-3-2-4-6-14)20(26)15-9-17(12-23-11-15)24-16-7-8-18(21)19(22)10-16/h2-12,24H,13H2,1H3. The third kappa shape index (κ3) is 4.54. The third-order valence-electron chi connectivity index (χ3n) is 3.80. The van der Waals surface area contributed by atoms with E-state index in [0.717, 1.165) is 11.3 Å². The van der Waals surface area contributed by atoms with Gasteiger partial charge >= 0.3 is 0 Å². The topological polar surface area (TPSA) is 45.2 Å². The van der Waals surface area contributed by atoms with Crippen molar-refractivity contribution in [2.24, 2.45) is 0 Å². The van der Waals surface area contributed by atoms with Gasteiger partial charge in [0.05, 0.1) is 27.5 Å². The number of halogens is 2. The molecule has 0 radical (unpaired) electrons. The summed E-state index contributed by atoms with van der Waals surface area (Å²) in [5.74, 6) is -0.0980. The number of hydrogen-bond donors (Lipinski definition) is 1. The van der Waals surface area contributed by atoms with Gasteiger partial charge in [0, 0.05) is 25.5 Å². The van der Waals surface area contributed by atoms with Crippen LogP contribution in [0.4, 0.5) is 11.4 Å². The van der Waals surface area contributed by atoms with Crippen molar-refractivity contribution in [3.63, 3.8) is 0 Å². The fourth-order valence-electron chi connectivity index (χ4n) is 2.52. The maximum absolute atomic E-state index is 12.7. The van der Waals surface area contributed by atoms with Gasteiger partial charge in [-0.15, -0.1) is 0 Å². The smallest absolute Gasteiger partial charge is 0.255 e. The molecular weight excluding hydrogens is 369 g/mol. The summed E-state index contributed by atoms with van der Waals surface area (Å²) in [6.07, 6.45) is 3.21. The molecule has 0 unspecified atom stereocenters. The molecule has 0 spiro atoms. The van der Waals surface area contributed by atoms with Gasteiger partial charge in [0.1, 0.15) is 0 Å². The molecule has 1 amide bonds. The monoisotopic (exact) mass is 385 g/mol. The lowest BCUT2D eigenvalue weighted by atomic mass is 10.2. The van der Waals surface area contributed by atoms with Crippen molar-refractivity contribution in [1.29, 1.82) is 0 Å². The first-order chi connectivity index (χ1) is 12.5. The Morgan fingerprint density at radius 3 is 2.50 bits per heavy atom. The zero-order valence-corrected chi connectivity index (χ0v) is 15.6. The second kappa shape index (κ2) is 8.21. The Kier molecular flexibility index (Phi) is 5.76. The van der Waals surface area contributed by atoms with E-state index in [9.17, 15) is 4.79 Å². The van der Waals surface area contributed by atoms with Gasteiger partial charge in [0.2, 0.25) is 0 Å². The van der Waals surface area contributed by atoms with E-state index in [4.69, 9.17) is 23.2 Å². The number of hydrogen-bond acceptors (Lipinski definition) is 3. The minimum absolute atomic E-state index is 0.0980. The average molecular weight is 386 g/mol. The zero-order chi connectivity index (χ0) is 18.5. The summed E-state index contributed by atoms with van der Waals surface area (Å²) in [5, 5.41) is 4.13. The predicted molar refractivity (Wildman–Crippen MR) is 106 cm³/mol. The zero-order valence-electron chi connectivity index (χ0n) is 14.1. The van der Waals surface area contributed by atoms with Crippen LogP contribution in [0.5, 0.6) is 0 Å². The minimum Gasteiger partial charge on any atom is -0.354 e. The second-order valence-electron chi connectivity index (χ2n) is 5.86. The lowest BCUT2D eigenvalue weighted by Crippen LogP contribution is -2.26. The number of carbonyl (C=O) groups is 1. The Hall–Kier alpha value is -2.56. The van der Waals surface area contributed by atoms with Crippen LogP contribution in [0.2, 0.25) is 10.0 Å². The lowest BCUT2D eigenvalue weighted by Gasteiger charge is -2.17. The molecule has 1 aromatic heterocycles. The number of aromatic nitrogens is 1. The quantitative estimate of drug-likeness (QED) is 0.638. The molecule has 0 aliphatic rings. The van der Waals surface area contributed by atoms with E-state index in [0.29, 0.717) is 27.8 Å². The highest BCUT2D eigenvalue weighted by Gasteiger charge is 2.13. The first kappa shape index (κ1) is 18.2. The summed E-state index contributed by atoms with van der Waals surface area (Å²) >= 11 is 12.0. The highest BCUT2D eigenvalue weighted by atomic mass is 35.5. The Bertz CT molecular complexity index is 916. The number of benzene rings is 2. The van der Waals surface area contributed by atoms with Crippen LogP contribution in [-0.2, 0) is 6.54 Å². The molecule has 2 aromatic carbocycles. The van der Waals surface area contributed by atoms with E-state index < -0.39 is 0 Å². The molecule has 1 N–H and O–H groups in total. The van der Waals surface area contributed by atoms with Crippen LogP contribution in [0.25, 0.3) is 0 Å². The number of nitrogens with zero attached hydrogens (tertiary/aromatic N) is 2. The van der Waals surface area contributed by atoms with Gasteiger partial charge < -0.3 is 10.2 Å². The Morgan fingerprint density at radius 2 is 1.77 bits per heavy atom. The van der Waals surface area contributed by atoms with Gasteiger partial charge in [-0.2, -0.15) is 0 Å². The maximum atomic E-state index is 12.7. The van der Waals surface area contributed by atoms with E-state index in [1.165, 1.54) is 0 Å². The first-order valence-corrected chi connectivity index (χ1v) is 8.75. The van der Waals surface area contributed by atoms with Gasteiger partial charge in [-0.3, -0.25) is 9.78 Å². The molecule has 4 nitrogen and oxygen atoms in total. The summed E-state index contributed by atoms with van der Waals surface area (Å²) in [6.45, 7) is 0.532. The van der Waals surface area contributed by atoms with E-state index >= 15 is 0 Å². The van der Waals surface area contributed by atoms with Gasteiger partial charge in [0.25, 0.3) is 5.91 Å². The summed E-state index contributed by atoms with van der Waals surface area (Å²) in [6, 6.07) is 16.8. The van der Waals surface area contributed by atoms with Crippen molar-refractivity contribution in [2.75, 3.05) is 12.4 Å². The maximum Gasteiger partial charge on any atom is 0.255 e. The van der Waals surface area contributed by atoms with Gasteiger partial charge in [0.15, 0.2) is 0 Å². The van der Waals surface area contributed by atoms with Gasteiger partial charge in [-0.05, 0) is 29.8 Å². The number of carbonyl (C=O) groups excluding carboxylic acids is 1. The normalized spacial score (nSPS) is 10.4. The number of anilines is 2. The van der Waals surface area contributed by atoms with Crippen molar-refractivity contribution in [2.45, 2.75) is 6.54 Å². The Labute approximate surface area is 162 Å². The molecule has 1 heterocycles. The van der Waals surface area contributed by atoms with E-state index in [-0.39, 0.29) is 5.91 Å². The molecule has 0 bridgehead atoms. The minimum atomic E-state index is -0.0980. The van der Waals surface area contributed by atoms with E-state index in [1.54, 1.807) is 42.5 Å². The second-order valence-corrected chi connectivity index (χ2v) is 6.68. The van der Waals surface area contributed by atoms with E-state index in [1.807, 2.05) is 36.4 Å². The highest BCUT2D eigenvalue weighted by molar-refractivity contribution is 6.42. The molecule has 0 fully saturated rings. The van der Waals surface area contributed by atoms with Crippen LogP contribution in [-0.4, -0.2) is 22.8 Å². The van der Waals surface area contributed by atoms with Crippen molar-refractivity contribution in [1.82, 2.24) is 9.88 Å². The fourth-order valence-corrected chi connectivity index (χ4v) is 2.81. The lowest BCUT2D eigenvalue weighted by molar-refractivity contribution is 0.0784. The molecule has 0 saturated carbocycles. The van der Waals surface area contributed by atoms with Gasteiger partial charge in [-0.25, -0.2) is 0 Å². The average Bonchev–Trinajstić information content (AvgIpc) is 2.65. The highest BCUT2D eigenvalue weighted by Crippen LogP contribution is 2.27. The molecular formula is C20H17Cl2N3O. The van der Waals surface area contributed by atoms with Crippen molar-refractivity contribution in [3.05, 3.63) is 88.2 Å². The predicted octanol–water partition coefficient (Wildman–Crippen LogP) is 5.40. The van der Waals surface area contributed by atoms with Crippen LogP contribution >= 0.6 is 23.2 Å². The first-order valence-electron chi connectivity index (χ1n) is 7.99. The van der Waals surface area contributed by atoms with Crippen LogP contribution < -0.4 is 5.32 Å². The Morgan fingerprint density at radius 1 is 1.00 bits per heavy atom. The molecule has 3 rings (SSSR count). The summed E-state index contributed by atoms with van der Waals surface area (Å²) in [5.41, 5.74) is 3.04. The van der Waals surface area contributed by atoms with Crippen molar-refractivity contribution >= 4 is 40.5 Å². The summed E-state index contributed by atoms with van der Waals surface area (Å²) < 4.78 is 0. The molecule has 0 atom stereocenters. The molecule has 3 aromatic rings. The Balaban J connectivity index is 1.73. The van der Waals surface area contributed by atoms with Gasteiger partial charge in [-0.1, -0.05) is 53.5 Å². The molecule has 0 saturated heterocycles. The molecule has 0 aliphatic carbocycles. The van der Waals surface area contributed by atoms with Crippen LogP contribution in [0.3, 0.4) is 0 Å². The third-order valence-corrected chi connectivity index (χ3v) is 4.54. The van der Waals surface area contributed by atoms with Crippen LogP contribution in [0, 0.1) is 0 Å². The van der Waals surface area contributed by atoms with E-state index in [2.05, 4.69) is 10.3 Å². The molecule has 132 valence electrons. The number of pyridine rings is 1. The van der Waals surface area contributed by atoms with Crippen LogP contribution in [0.15, 0.2) is 67.0 Å². The van der Waals surface area contributed by atoms with Crippen molar-refractivity contribution < 1.29 is 4.79 Å². The molecule has 0 aliphatic heterocycles. The fraction of sp³-hybridized carbons (Fsp3) is 0.100. The number of amides is 1.